The number of carboxylic acids is 1. The van der Waals surface area contributed by atoms with Crippen LogP contribution < -0.4 is 5.84 Å². The summed E-state index contributed by atoms with van der Waals surface area (Å²) in [4.78, 5) is 10.9. The average Bonchev–Trinajstić information content (AvgIpc) is 2.21. The van der Waals surface area contributed by atoms with E-state index in [0.29, 0.717) is 12.0 Å². The van der Waals surface area contributed by atoms with E-state index in [1.165, 1.54) is 0 Å². The highest BCUT2D eigenvalue weighted by atomic mass is 16.4. The lowest BCUT2D eigenvalue weighted by molar-refractivity contribution is -0.129. The Hall–Kier alpha value is -2.10. The Morgan fingerprint density at radius 3 is 2.73 bits per heavy atom. The zero-order valence-electron chi connectivity index (χ0n) is 8.18. The van der Waals surface area contributed by atoms with Gasteiger partial charge in [0.25, 0.3) is 0 Å². The van der Waals surface area contributed by atoms with E-state index in [9.17, 15) is 4.79 Å². The summed E-state index contributed by atoms with van der Waals surface area (Å²) in [6, 6.07) is 7.08. The fourth-order valence-electron chi connectivity index (χ4n) is 1.32. The van der Waals surface area contributed by atoms with Crippen LogP contribution >= 0.6 is 0 Å². The second-order valence-electron chi connectivity index (χ2n) is 2.93. The fraction of sp³-hybridized carbons (Fsp3) is 0.0909. The van der Waals surface area contributed by atoms with Gasteiger partial charge in [-0.25, -0.2) is 4.79 Å². The van der Waals surface area contributed by atoms with Crippen molar-refractivity contribution in [3.8, 4) is 0 Å². The number of allylic oxidation sites excluding steroid dienone is 1. The lowest BCUT2D eigenvalue weighted by Gasteiger charge is -2.06. The van der Waals surface area contributed by atoms with E-state index in [-0.39, 0.29) is 5.71 Å². The van der Waals surface area contributed by atoms with Gasteiger partial charge in [-0.3, -0.25) is 0 Å². The summed E-state index contributed by atoms with van der Waals surface area (Å²) >= 11 is 0. The standard InChI is InChI=1S/C11H12N2O2/c1-2-5-8-6-3-4-7-9(8)10(13-12)11(14)15/h2-4,6-7H,1,5,12H2,(H,14,15)/b13-10-. The number of hydrazone groups is 1. The predicted molar refractivity (Wildman–Crippen MR) is 58.7 cm³/mol. The molecule has 0 bridgehead atoms. The van der Waals surface area contributed by atoms with E-state index in [1.54, 1.807) is 18.2 Å². The SMILES string of the molecule is C=CCc1ccccc1/C(=N/N)C(=O)O. The molecule has 4 nitrogen and oxygen atoms in total. The molecule has 0 fully saturated rings. The molecule has 0 unspecified atom stereocenters. The molecule has 0 aliphatic heterocycles. The first-order chi connectivity index (χ1) is 7.20. The van der Waals surface area contributed by atoms with E-state index in [2.05, 4.69) is 11.7 Å². The second-order valence-corrected chi connectivity index (χ2v) is 2.93. The fourth-order valence-corrected chi connectivity index (χ4v) is 1.32. The van der Waals surface area contributed by atoms with Gasteiger partial charge in [0.2, 0.25) is 0 Å². The molecular formula is C11H12N2O2. The lowest BCUT2D eigenvalue weighted by atomic mass is 10.0. The summed E-state index contributed by atoms with van der Waals surface area (Å²) < 4.78 is 0. The van der Waals surface area contributed by atoms with Crippen molar-refractivity contribution in [2.24, 2.45) is 10.9 Å². The smallest absolute Gasteiger partial charge is 0.356 e. The summed E-state index contributed by atoms with van der Waals surface area (Å²) in [7, 11) is 0. The average molecular weight is 204 g/mol. The molecule has 0 radical (unpaired) electrons. The van der Waals surface area contributed by atoms with Gasteiger partial charge in [0.1, 0.15) is 0 Å². The molecule has 0 saturated carbocycles. The van der Waals surface area contributed by atoms with E-state index in [0.717, 1.165) is 5.56 Å². The lowest BCUT2D eigenvalue weighted by Crippen LogP contribution is -2.18. The van der Waals surface area contributed by atoms with E-state index in [1.807, 2.05) is 12.1 Å². The quantitative estimate of drug-likeness (QED) is 0.334. The van der Waals surface area contributed by atoms with Crippen LogP contribution in [0, 0.1) is 0 Å². The third-order valence-electron chi connectivity index (χ3n) is 1.97. The first-order valence-corrected chi connectivity index (χ1v) is 4.41. The highest BCUT2D eigenvalue weighted by Crippen LogP contribution is 2.11. The highest BCUT2D eigenvalue weighted by Gasteiger charge is 2.14. The summed E-state index contributed by atoms with van der Waals surface area (Å²) in [5.74, 6) is 3.92. The van der Waals surface area contributed by atoms with Gasteiger partial charge in [-0.15, -0.1) is 6.58 Å². The second kappa shape index (κ2) is 4.95. The van der Waals surface area contributed by atoms with Crippen molar-refractivity contribution in [3.63, 3.8) is 0 Å². The molecule has 1 aromatic carbocycles. The Morgan fingerprint density at radius 1 is 1.53 bits per heavy atom. The molecule has 0 aliphatic rings. The number of nitrogens with zero attached hydrogens (tertiary/aromatic N) is 1. The Bertz CT molecular complexity index is 411. The van der Waals surface area contributed by atoms with Gasteiger partial charge in [0, 0.05) is 5.56 Å². The maximum absolute atomic E-state index is 10.9. The number of rotatable bonds is 4. The number of nitrogens with two attached hydrogens (primary N) is 1. The number of aliphatic carboxylic acids is 1. The van der Waals surface area contributed by atoms with Gasteiger partial charge < -0.3 is 10.9 Å². The van der Waals surface area contributed by atoms with Gasteiger partial charge >= 0.3 is 5.97 Å². The highest BCUT2D eigenvalue weighted by molar-refractivity contribution is 6.42. The van der Waals surface area contributed by atoms with Crippen LogP contribution in [-0.2, 0) is 11.2 Å². The van der Waals surface area contributed by atoms with Gasteiger partial charge in [0.15, 0.2) is 5.71 Å². The Balaban J connectivity index is 3.22. The minimum atomic E-state index is -1.13. The first-order valence-electron chi connectivity index (χ1n) is 4.41. The molecule has 78 valence electrons. The topological polar surface area (TPSA) is 75.7 Å². The van der Waals surface area contributed by atoms with Gasteiger partial charge in [-0.05, 0) is 12.0 Å². The van der Waals surface area contributed by atoms with Crippen molar-refractivity contribution in [3.05, 3.63) is 48.0 Å². The molecular weight excluding hydrogens is 192 g/mol. The third kappa shape index (κ3) is 2.43. The van der Waals surface area contributed by atoms with E-state index < -0.39 is 5.97 Å². The van der Waals surface area contributed by atoms with E-state index >= 15 is 0 Å². The summed E-state index contributed by atoms with van der Waals surface area (Å²) in [6.07, 6.45) is 2.29. The number of hydrogen-bond donors (Lipinski definition) is 2. The Labute approximate surface area is 87.7 Å². The Morgan fingerprint density at radius 2 is 2.20 bits per heavy atom. The molecule has 1 rings (SSSR count). The van der Waals surface area contributed by atoms with Crippen molar-refractivity contribution in [2.45, 2.75) is 6.42 Å². The monoisotopic (exact) mass is 204 g/mol. The normalized spacial score (nSPS) is 11.1. The summed E-state index contributed by atoms with van der Waals surface area (Å²) in [5.41, 5.74) is 1.25. The maximum atomic E-state index is 10.9. The molecule has 4 heteroatoms. The minimum Gasteiger partial charge on any atom is -0.476 e. The van der Waals surface area contributed by atoms with Crippen LogP contribution in [0.3, 0.4) is 0 Å². The first kappa shape index (κ1) is 11.0. The molecule has 1 aromatic rings. The molecule has 0 aromatic heterocycles. The van der Waals surface area contributed by atoms with Gasteiger partial charge in [-0.1, -0.05) is 30.3 Å². The van der Waals surface area contributed by atoms with Crippen molar-refractivity contribution in [1.82, 2.24) is 0 Å². The minimum absolute atomic E-state index is 0.132. The maximum Gasteiger partial charge on any atom is 0.356 e. The number of carbonyl (C=O) groups is 1. The van der Waals surface area contributed by atoms with Crippen molar-refractivity contribution >= 4 is 11.7 Å². The van der Waals surface area contributed by atoms with Crippen LogP contribution in [0.2, 0.25) is 0 Å². The number of benzene rings is 1. The van der Waals surface area contributed by atoms with Crippen LogP contribution in [-0.4, -0.2) is 16.8 Å². The van der Waals surface area contributed by atoms with Crippen molar-refractivity contribution in [1.29, 1.82) is 0 Å². The third-order valence-corrected chi connectivity index (χ3v) is 1.97. The molecule has 0 atom stereocenters. The van der Waals surface area contributed by atoms with Gasteiger partial charge in [0.05, 0.1) is 0 Å². The Kier molecular flexibility index (Phi) is 3.62. The molecule has 0 amide bonds. The zero-order chi connectivity index (χ0) is 11.3. The molecule has 15 heavy (non-hydrogen) atoms. The zero-order valence-corrected chi connectivity index (χ0v) is 8.18. The largest absolute Gasteiger partial charge is 0.476 e. The molecule has 0 spiro atoms. The van der Waals surface area contributed by atoms with Crippen LogP contribution in [0.4, 0.5) is 0 Å². The van der Waals surface area contributed by atoms with Crippen LogP contribution in [0.15, 0.2) is 42.0 Å². The predicted octanol–water partition coefficient (Wildman–Crippen LogP) is 1.16. The number of hydrogen-bond acceptors (Lipinski definition) is 3. The van der Waals surface area contributed by atoms with E-state index in [4.69, 9.17) is 10.9 Å². The van der Waals surface area contributed by atoms with Crippen LogP contribution in [0.25, 0.3) is 0 Å². The molecule has 0 heterocycles. The van der Waals surface area contributed by atoms with Crippen LogP contribution in [0.5, 0.6) is 0 Å². The van der Waals surface area contributed by atoms with Crippen LogP contribution in [0.1, 0.15) is 11.1 Å². The molecule has 3 N–H and O–H groups in total. The summed E-state index contributed by atoms with van der Waals surface area (Å²) in [6.45, 7) is 3.61. The number of carboxylic acid groups (broad SMARTS) is 1. The van der Waals surface area contributed by atoms with Crippen molar-refractivity contribution in [2.75, 3.05) is 0 Å². The van der Waals surface area contributed by atoms with Crippen molar-refractivity contribution < 1.29 is 9.90 Å². The summed E-state index contributed by atoms with van der Waals surface area (Å²) in [5, 5.41) is 12.2. The molecule has 0 aliphatic carbocycles. The van der Waals surface area contributed by atoms with Gasteiger partial charge in [-0.2, -0.15) is 5.10 Å². The molecule has 0 saturated heterocycles.